The van der Waals surface area contributed by atoms with E-state index in [-0.39, 0.29) is 12.4 Å². The number of hydrogen-bond donors (Lipinski definition) is 4. The van der Waals surface area contributed by atoms with Crippen molar-refractivity contribution < 1.29 is 40.2 Å². The first-order valence-corrected chi connectivity index (χ1v) is 19.9. The number of aryl methyl sites for hydroxylation is 1. The van der Waals surface area contributed by atoms with Gasteiger partial charge >= 0.3 is 0 Å². The van der Waals surface area contributed by atoms with Crippen molar-refractivity contribution in [3.05, 3.63) is 112 Å². The second kappa shape index (κ2) is 18.4. The Kier molecular flexibility index (Phi) is 15.0. The lowest BCUT2D eigenvalue weighted by Gasteiger charge is -2.37. The lowest BCUT2D eigenvalue weighted by molar-refractivity contribution is 0.0660. The summed E-state index contributed by atoms with van der Waals surface area (Å²) in [5, 5.41) is 10.7. The molecular weight excluding hydrogens is 698 g/mol. The average molecular weight is 746 g/mol. The number of anilines is 2. The van der Waals surface area contributed by atoms with E-state index in [2.05, 4.69) is 58.3 Å². The summed E-state index contributed by atoms with van der Waals surface area (Å²) in [4.78, 5) is 4.74. The largest absolute Gasteiger partial charge is 0.491 e. The molecule has 0 saturated carbocycles. The summed E-state index contributed by atoms with van der Waals surface area (Å²) in [5.74, 6) is 0.583. The van der Waals surface area contributed by atoms with Crippen molar-refractivity contribution in [1.29, 1.82) is 0 Å². The molecule has 1 aliphatic rings. The Morgan fingerprint density at radius 3 is 1.86 bits per heavy atom. The number of nitrogen functional groups attached to an aromatic ring is 1. The fraction of sp³-hybridized carbons (Fsp3) is 0.351. The lowest BCUT2D eigenvalue weighted by atomic mass is 9.98. The van der Waals surface area contributed by atoms with Crippen LogP contribution in [0.4, 0.5) is 15.8 Å². The van der Waals surface area contributed by atoms with E-state index in [1.54, 1.807) is 0 Å². The first-order chi connectivity index (χ1) is 23.8. The molecule has 1 saturated heterocycles. The van der Waals surface area contributed by atoms with Gasteiger partial charge in [0.05, 0.1) is 12.5 Å². The van der Waals surface area contributed by atoms with Gasteiger partial charge in [0.1, 0.15) is 24.3 Å². The van der Waals surface area contributed by atoms with Gasteiger partial charge in [-0.05, 0) is 84.8 Å². The van der Waals surface area contributed by atoms with Gasteiger partial charge in [-0.15, -0.1) is 0 Å². The Labute approximate surface area is 301 Å². The zero-order chi connectivity index (χ0) is 37.9. The number of aliphatic hydroxyl groups excluding tert-OH is 1. The molecule has 1 heterocycles. The fourth-order valence-corrected chi connectivity index (χ4v) is 5.56. The molecule has 5 rings (SSSR count). The number of para-hydroxylation sites is 1. The maximum atomic E-state index is 13.2. The second-order valence-electron chi connectivity index (χ2n) is 12.6. The second-order valence-corrected chi connectivity index (χ2v) is 15.5. The van der Waals surface area contributed by atoms with Crippen molar-refractivity contribution in [3.8, 4) is 16.9 Å². The molecule has 1 fully saturated rings. The molecule has 0 amide bonds. The van der Waals surface area contributed by atoms with E-state index in [1.807, 2.05) is 39.0 Å². The third-order valence-corrected chi connectivity index (χ3v) is 8.21. The minimum absolute atomic E-state index is 0.207. The minimum Gasteiger partial charge on any atom is -0.491 e. The Bertz CT molecular complexity index is 1900. The van der Waals surface area contributed by atoms with Gasteiger partial charge in [0.2, 0.25) is 0 Å². The number of nitrogens with two attached hydrogens (primary N) is 1. The molecule has 0 radical (unpaired) electrons. The van der Waals surface area contributed by atoms with Crippen LogP contribution in [0.1, 0.15) is 27.8 Å². The van der Waals surface area contributed by atoms with Gasteiger partial charge in [0, 0.05) is 49.7 Å². The van der Waals surface area contributed by atoms with Crippen molar-refractivity contribution in [2.45, 2.75) is 33.3 Å². The molecule has 4 aromatic rings. The molecule has 1 atom stereocenters. The number of hydrogen-bond acceptors (Lipinski definition) is 9. The van der Waals surface area contributed by atoms with Crippen molar-refractivity contribution in [2.75, 3.05) is 62.5 Å². The standard InChI is InChI=1S/C35H40FN3O2.2CH4O3S/c1-24-20-34(25(2)26(3)35(24)37)41-23-31(40)22-38-16-18-39(19-17-38)33-7-5-4-6-32(33)29-12-8-27(9-13-29)21-28-10-14-30(36)15-11-28;2*1-5(2,3)4/h4-15,20,31,40H,16-19,21-23,37H2,1-3H3;2*1H3,(H,2,3,4)/t31-;;/m0../s1. The Balaban J connectivity index is 0.000000619. The minimum atomic E-state index is -3.67. The van der Waals surface area contributed by atoms with Gasteiger partial charge in [-0.25, -0.2) is 4.39 Å². The van der Waals surface area contributed by atoms with Gasteiger partial charge in [0.15, 0.2) is 0 Å². The third kappa shape index (κ3) is 14.6. The summed E-state index contributed by atoms with van der Waals surface area (Å²) in [7, 11) is -7.33. The van der Waals surface area contributed by atoms with E-state index in [0.29, 0.717) is 19.1 Å². The summed E-state index contributed by atoms with van der Waals surface area (Å²) >= 11 is 0. The van der Waals surface area contributed by atoms with Gasteiger partial charge in [-0.2, -0.15) is 16.8 Å². The Morgan fingerprint density at radius 1 is 0.804 bits per heavy atom. The molecule has 51 heavy (non-hydrogen) atoms. The van der Waals surface area contributed by atoms with Crippen molar-refractivity contribution in [1.82, 2.24) is 4.90 Å². The summed E-state index contributed by atoms with van der Waals surface area (Å²) < 4.78 is 71.0. The zero-order valence-corrected chi connectivity index (χ0v) is 31.2. The number of ether oxygens (including phenoxy) is 1. The normalized spacial score (nSPS) is 14.1. The molecule has 11 nitrogen and oxygen atoms in total. The molecule has 14 heteroatoms. The van der Waals surface area contributed by atoms with E-state index < -0.39 is 26.3 Å². The predicted octanol–water partition coefficient (Wildman–Crippen LogP) is 5.16. The van der Waals surface area contributed by atoms with Crippen LogP contribution >= 0.6 is 0 Å². The van der Waals surface area contributed by atoms with Gasteiger partial charge in [-0.1, -0.05) is 54.6 Å². The zero-order valence-electron chi connectivity index (χ0n) is 29.6. The number of rotatable bonds is 9. The number of benzene rings is 4. The maximum Gasteiger partial charge on any atom is 0.261 e. The molecule has 5 N–H and O–H groups in total. The molecule has 1 aliphatic heterocycles. The highest BCUT2D eigenvalue weighted by atomic mass is 32.2. The maximum absolute atomic E-state index is 13.2. The lowest BCUT2D eigenvalue weighted by Crippen LogP contribution is -2.49. The van der Waals surface area contributed by atoms with E-state index >= 15 is 0 Å². The number of piperazine rings is 1. The Hall–Kier alpha value is -4.05. The monoisotopic (exact) mass is 745 g/mol. The summed E-state index contributed by atoms with van der Waals surface area (Å²) in [6.45, 7) is 10.4. The number of β-amino-alcohol motifs (C(OH)–C–C–N with tert-alkyl or cyclic N) is 1. The van der Waals surface area contributed by atoms with E-state index in [1.165, 1.54) is 34.5 Å². The van der Waals surface area contributed by atoms with Crippen LogP contribution in [0.15, 0.2) is 78.9 Å². The highest BCUT2D eigenvalue weighted by Gasteiger charge is 2.22. The number of halogens is 1. The average Bonchev–Trinajstić information content (AvgIpc) is 3.05. The van der Waals surface area contributed by atoms with Crippen LogP contribution in [0.3, 0.4) is 0 Å². The summed E-state index contributed by atoms with van der Waals surface area (Å²) in [6.07, 6.45) is 1.64. The van der Waals surface area contributed by atoms with Gasteiger partial charge in [0.25, 0.3) is 20.2 Å². The van der Waals surface area contributed by atoms with E-state index in [0.717, 1.165) is 66.3 Å². The highest BCUT2D eigenvalue weighted by Crippen LogP contribution is 2.32. The van der Waals surface area contributed by atoms with Crippen molar-refractivity contribution in [2.24, 2.45) is 0 Å². The molecule has 0 spiro atoms. The molecule has 4 aromatic carbocycles. The van der Waals surface area contributed by atoms with Crippen LogP contribution in [-0.4, -0.2) is 93.9 Å². The highest BCUT2D eigenvalue weighted by molar-refractivity contribution is 7.85. The molecule has 0 aliphatic carbocycles. The SMILES string of the molecule is CS(=O)(=O)O.CS(=O)(=O)O.Cc1cc(OC[C@@H](O)CN2CCN(c3ccccc3-c3ccc(Cc4ccc(F)cc4)cc3)CC2)c(C)c(C)c1N. The van der Waals surface area contributed by atoms with Crippen LogP contribution < -0.4 is 15.4 Å². The third-order valence-electron chi connectivity index (χ3n) is 8.21. The van der Waals surface area contributed by atoms with Crippen LogP contribution in [0.2, 0.25) is 0 Å². The number of aliphatic hydroxyl groups is 1. The van der Waals surface area contributed by atoms with Gasteiger partial charge in [-0.3, -0.25) is 14.0 Å². The van der Waals surface area contributed by atoms with Crippen LogP contribution in [0.5, 0.6) is 5.75 Å². The number of nitrogens with zero attached hydrogens (tertiary/aromatic N) is 2. The molecule has 0 unspecified atom stereocenters. The first-order valence-electron chi connectivity index (χ1n) is 16.2. The predicted molar refractivity (Wildman–Crippen MR) is 201 cm³/mol. The first kappa shape index (κ1) is 41.4. The van der Waals surface area contributed by atoms with E-state index in [9.17, 15) is 26.3 Å². The van der Waals surface area contributed by atoms with Crippen molar-refractivity contribution >= 4 is 31.6 Å². The molecule has 0 bridgehead atoms. The summed E-state index contributed by atoms with van der Waals surface area (Å²) in [6, 6.07) is 25.9. The topological polar surface area (TPSA) is 171 Å². The van der Waals surface area contributed by atoms with Crippen molar-refractivity contribution in [3.63, 3.8) is 0 Å². The van der Waals surface area contributed by atoms with Crippen LogP contribution in [0, 0.1) is 26.6 Å². The Morgan fingerprint density at radius 2 is 1.31 bits per heavy atom. The summed E-state index contributed by atoms with van der Waals surface area (Å²) in [5.41, 5.74) is 15.9. The molecular formula is C37H48FN3O8S2. The van der Waals surface area contributed by atoms with Gasteiger partial charge < -0.3 is 20.5 Å². The fourth-order valence-electron chi connectivity index (χ4n) is 5.56. The quantitative estimate of drug-likeness (QED) is 0.132. The smallest absolute Gasteiger partial charge is 0.261 e. The van der Waals surface area contributed by atoms with Crippen LogP contribution in [0.25, 0.3) is 11.1 Å². The van der Waals surface area contributed by atoms with E-state index in [4.69, 9.17) is 19.6 Å². The molecule has 0 aromatic heterocycles. The molecule has 278 valence electrons. The van der Waals surface area contributed by atoms with Crippen LogP contribution in [-0.2, 0) is 26.7 Å².